The van der Waals surface area contributed by atoms with Crippen LogP contribution in [0.3, 0.4) is 0 Å². The Morgan fingerprint density at radius 3 is 2.26 bits per heavy atom. The molecule has 3 rings (SSSR count). The normalized spacial score (nSPS) is 12.5. The Hall–Kier alpha value is -2.03. The molecule has 0 aromatic heterocycles. The maximum absolute atomic E-state index is 13.5. The standard InChI is InChI=1S/C25H26Cl2N2O3S2/c1-17-4-12-23(13-5-17)34(31,32)29(15-20-6-9-21(26)14-24(20)27)16-25(30)28-18(2)19-7-10-22(33-3)11-8-19/h4-14,18H,15-16H2,1-3H3,(H,28,30). The molecule has 34 heavy (non-hydrogen) atoms. The Balaban J connectivity index is 1.84. The highest BCUT2D eigenvalue weighted by molar-refractivity contribution is 7.98. The predicted molar refractivity (Wildman–Crippen MR) is 140 cm³/mol. The largest absolute Gasteiger partial charge is 0.348 e. The number of carbonyl (C=O) groups is 1. The van der Waals surface area contributed by atoms with E-state index in [1.54, 1.807) is 42.1 Å². The van der Waals surface area contributed by atoms with Crippen LogP contribution in [0.15, 0.2) is 76.5 Å². The molecular formula is C25H26Cl2N2O3S2. The van der Waals surface area contributed by atoms with Gasteiger partial charge < -0.3 is 5.32 Å². The smallest absolute Gasteiger partial charge is 0.243 e. The Bertz CT molecular complexity index is 1250. The van der Waals surface area contributed by atoms with Crippen molar-refractivity contribution in [3.05, 3.63) is 93.5 Å². The summed E-state index contributed by atoms with van der Waals surface area (Å²) in [7, 11) is -3.97. The molecule has 1 atom stereocenters. The first-order valence-electron chi connectivity index (χ1n) is 10.5. The van der Waals surface area contributed by atoms with Crippen LogP contribution in [0, 0.1) is 6.92 Å². The van der Waals surface area contributed by atoms with Gasteiger partial charge in [0.05, 0.1) is 17.5 Å². The van der Waals surface area contributed by atoms with E-state index in [1.807, 2.05) is 44.4 Å². The zero-order valence-electron chi connectivity index (χ0n) is 19.1. The van der Waals surface area contributed by atoms with Crippen molar-refractivity contribution in [3.8, 4) is 0 Å². The van der Waals surface area contributed by atoms with Crippen molar-refractivity contribution in [1.29, 1.82) is 0 Å². The highest BCUT2D eigenvalue weighted by Gasteiger charge is 2.28. The number of benzene rings is 3. The van der Waals surface area contributed by atoms with Crippen LogP contribution in [0.25, 0.3) is 0 Å². The van der Waals surface area contributed by atoms with E-state index in [9.17, 15) is 13.2 Å². The van der Waals surface area contributed by atoms with Crippen molar-refractivity contribution in [2.75, 3.05) is 12.8 Å². The van der Waals surface area contributed by atoms with Gasteiger partial charge >= 0.3 is 0 Å². The van der Waals surface area contributed by atoms with Gasteiger partial charge in [-0.1, -0.05) is 59.1 Å². The molecule has 0 saturated heterocycles. The van der Waals surface area contributed by atoms with E-state index < -0.39 is 15.9 Å². The van der Waals surface area contributed by atoms with Gasteiger partial charge in [0.1, 0.15) is 0 Å². The summed E-state index contributed by atoms with van der Waals surface area (Å²) < 4.78 is 28.1. The molecule has 1 amide bonds. The van der Waals surface area contributed by atoms with Crippen LogP contribution in [-0.2, 0) is 21.4 Å². The Morgan fingerprint density at radius 2 is 1.68 bits per heavy atom. The molecular weight excluding hydrogens is 511 g/mol. The van der Waals surface area contributed by atoms with Crippen molar-refractivity contribution < 1.29 is 13.2 Å². The average molecular weight is 538 g/mol. The first-order valence-corrected chi connectivity index (χ1v) is 14.0. The predicted octanol–water partition coefficient (Wildman–Crippen LogP) is 6.09. The maximum atomic E-state index is 13.5. The van der Waals surface area contributed by atoms with Crippen molar-refractivity contribution >= 4 is 50.9 Å². The van der Waals surface area contributed by atoms with E-state index in [2.05, 4.69) is 5.32 Å². The van der Waals surface area contributed by atoms with Crippen molar-refractivity contribution in [2.24, 2.45) is 0 Å². The second kappa shape index (κ2) is 11.6. The molecule has 0 aliphatic rings. The lowest BCUT2D eigenvalue weighted by Crippen LogP contribution is -2.41. The number of thioether (sulfide) groups is 1. The number of amides is 1. The van der Waals surface area contributed by atoms with Crippen molar-refractivity contribution in [2.45, 2.75) is 36.2 Å². The third-order valence-electron chi connectivity index (χ3n) is 5.33. The molecule has 9 heteroatoms. The van der Waals surface area contributed by atoms with Gasteiger partial charge in [0, 0.05) is 21.5 Å². The second-order valence-electron chi connectivity index (χ2n) is 7.88. The van der Waals surface area contributed by atoms with E-state index >= 15 is 0 Å². The second-order valence-corrected chi connectivity index (χ2v) is 11.5. The molecule has 0 saturated carbocycles. The molecule has 1 unspecified atom stereocenters. The molecule has 0 aliphatic carbocycles. The monoisotopic (exact) mass is 536 g/mol. The molecule has 3 aromatic rings. The number of halogens is 2. The molecule has 0 aliphatic heterocycles. The Kier molecular flexibility index (Phi) is 9.07. The van der Waals surface area contributed by atoms with Gasteiger partial charge in [0.15, 0.2) is 0 Å². The summed E-state index contributed by atoms with van der Waals surface area (Å²) in [5, 5.41) is 3.68. The van der Waals surface area contributed by atoms with Crippen LogP contribution in [0.1, 0.15) is 29.7 Å². The van der Waals surface area contributed by atoms with Crippen LogP contribution in [-0.4, -0.2) is 31.4 Å². The molecule has 3 aromatic carbocycles. The summed E-state index contributed by atoms with van der Waals surface area (Å²) in [5.41, 5.74) is 2.42. The quantitative estimate of drug-likeness (QED) is 0.336. The fourth-order valence-electron chi connectivity index (χ4n) is 3.35. The molecule has 0 spiro atoms. The molecule has 1 N–H and O–H groups in total. The SMILES string of the molecule is CSc1ccc(C(C)NC(=O)CN(Cc2ccc(Cl)cc2Cl)S(=O)(=O)c2ccc(C)cc2)cc1. The fraction of sp³-hybridized carbons (Fsp3) is 0.240. The lowest BCUT2D eigenvalue weighted by molar-refractivity contribution is -0.122. The highest BCUT2D eigenvalue weighted by atomic mass is 35.5. The van der Waals surface area contributed by atoms with Gasteiger partial charge in [-0.2, -0.15) is 4.31 Å². The molecule has 180 valence electrons. The average Bonchev–Trinajstić information content (AvgIpc) is 2.80. The van der Waals surface area contributed by atoms with E-state index in [0.29, 0.717) is 15.6 Å². The number of carbonyl (C=O) groups excluding carboxylic acids is 1. The number of hydrogen-bond donors (Lipinski definition) is 1. The molecule has 0 radical (unpaired) electrons. The highest BCUT2D eigenvalue weighted by Crippen LogP contribution is 2.26. The number of rotatable bonds is 9. The minimum absolute atomic E-state index is 0.0730. The zero-order chi connectivity index (χ0) is 24.9. The first kappa shape index (κ1) is 26.6. The summed E-state index contributed by atoms with van der Waals surface area (Å²) in [4.78, 5) is 14.2. The van der Waals surface area contributed by atoms with Crippen molar-refractivity contribution in [1.82, 2.24) is 9.62 Å². The molecule has 5 nitrogen and oxygen atoms in total. The lowest BCUT2D eigenvalue weighted by Gasteiger charge is -2.24. The van der Waals surface area contributed by atoms with Gasteiger partial charge in [-0.3, -0.25) is 4.79 Å². The van der Waals surface area contributed by atoms with Crippen LogP contribution in [0.2, 0.25) is 10.0 Å². The molecule has 0 heterocycles. The number of nitrogens with zero attached hydrogens (tertiary/aromatic N) is 1. The molecule has 0 fully saturated rings. The van der Waals surface area contributed by atoms with Gasteiger partial charge in [-0.15, -0.1) is 11.8 Å². The van der Waals surface area contributed by atoms with E-state index in [0.717, 1.165) is 20.3 Å². The number of hydrogen-bond acceptors (Lipinski definition) is 4. The minimum atomic E-state index is -3.97. The minimum Gasteiger partial charge on any atom is -0.348 e. The summed E-state index contributed by atoms with van der Waals surface area (Å²) in [6.07, 6.45) is 2.00. The van der Waals surface area contributed by atoms with Gasteiger partial charge in [-0.25, -0.2) is 8.42 Å². The third-order valence-corrected chi connectivity index (χ3v) is 8.47. The summed E-state index contributed by atoms with van der Waals surface area (Å²) in [6.45, 7) is 3.31. The van der Waals surface area contributed by atoms with E-state index in [-0.39, 0.29) is 24.0 Å². The lowest BCUT2D eigenvalue weighted by atomic mass is 10.1. The Labute approximate surface area is 215 Å². The maximum Gasteiger partial charge on any atom is 0.243 e. The van der Waals surface area contributed by atoms with Gasteiger partial charge in [-0.05, 0) is 67.6 Å². The molecule has 0 bridgehead atoms. The van der Waals surface area contributed by atoms with Crippen LogP contribution in [0.5, 0.6) is 0 Å². The fourth-order valence-corrected chi connectivity index (χ4v) is 5.60. The number of nitrogens with one attached hydrogen (secondary N) is 1. The van der Waals surface area contributed by atoms with E-state index in [1.165, 1.54) is 12.1 Å². The Morgan fingerprint density at radius 1 is 1.03 bits per heavy atom. The van der Waals surface area contributed by atoms with Crippen LogP contribution >= 0.6 is 35.0 Å². The first-order chi connectivity index (χ1) is 16.1. The van der Waals surface area contributed by atoms with Crippen LogP contribution in [0.4, 0.5) is 0 Å². The number of sulfonamides is 1. The third kappa shape index (κ3) is 6.77. The van der Waals surface area contributed by atoms with Gasteiger partial charge in [0.2, 0.25) is 15.9 Å². The van der Waals surface area contributed by atoms with Crippen molar-refractivity contribution in [3.63, 3.8) is 0 Å². The summed E-state index contributed by atoms with van der Waals surface area (Å²) in [5.74, 6) is -0.415. The summed E-state index contributed by atoms with van der Waals surface area (Å²) in [6, 6.07) is 19.0. The number of aryl methyl sites for hydroxylation is 1. The van der Waals surface area contributed by atoms with Crippen LogP contribution < -0.4 is 5.32 Å². The van der Waals surface area contributed by atoms with E-state index in [4.69, 9.17) is 23.2 Å². The summed E-state index contributed by atoms with van der Waals surface area (Å²) >= 11 is 13.9. The topological polar surface area (TPSA) is 66.5 Å². The van der Waals surface area contributed by atoms with Gasteiger partial charge in [0.25, 0.3) is 0 Å². The zero-order valence-corrected chi connectivity index (χ0v) is 22.2.